The van der Waals surface area contributed by atoms with Crippen molar-refractivity contribution < 1.29 is 9.90 Å². The Labute approximate surface area is 130 Å². The second-order valence-corrected chi connectivity index (χ2v) is 3.99. The van der Waals surface area contributed by atoms with Crippen molar-refractivity contribution in [2.24, 2.45) is 0 Å². The van der Waals surface area contributed by atoms with Gasteiger partial charge in [0.2, 0.25) is 0 Å². The number of carbonyl (C=O) groups is 1. The zero-order chi connectivity index (χ0) is 11.5. The summed E-state index contributed by atoms with van der Waals surface area (Å²) in [4.78, 5) is 10.9. The summed E-state index contributed by atoms with van der Waals surface area (Å²) in [6.07, 6.45) is 10.3. The maximum absolute atomic E-state index is 10.9. The first kappa shape index (κ1) is 18.8. The minimum absolute atomic E-state index is 0. The molecule has 0 aliphatic heterocycles. The van der Waals surface area contributed by atoms with E-state index in [1.807, 2.05) is 6.08 Å². The molecule has 1 N–H and O–H groups in total. The van der Waals surface area contributed by atoms with Gasteiger partial charge in [0.15, 0.2) is 0 Å². The van der Waals surface area contributed by atoms with Crippen molar-refractivity contribution in [2.75, 3.05) is 0 Å². The summed E-state index contributed by atoms with van der Waals surface area (Å²) in [6.45, 7) is 4.29. The predicted octanol–water partition coefficient (Wildman–Crippen LogP) is 3.24. The molecule has 0 fully saturated rings. The van der Waals surface area contributed by atoms with E-state index in [-0.39, 0.29) is 37.7 Å². The van der Waals surface area contributed by atoms with Crippen LogP contribution in [0.15, 0.2) is 11.6 Å². The van der Waals surface area contributed by atoms with Gasteiger partial charge in [0.1, 0.15) is 0 Å². The molecule has 2 nitrogen and oxygen atoms in total. The van der Waals surface area contributed by atoms with Crippen LogP contribution < -0.4 is 0 Å². The molecule has 0 aliphatic carbocycles. The Morgan fingerprint density at radius 3 is 2.12 bits per heavy atom. The number of allylic oxidation sites excluding steroid dienone is 1. The molecule has 0 amide bonds. The fourth-order valence-corrected chi connectivity index (χ4v) is 1.53. The van der Waals surface area contributed by atoms with Crippen molar-refractivity contribution >= 4 is 43.7 Å². The third kappa shape index (κ3) is 11.0. The van der Waals surface area contributed by atoms with Gasteiger partial charge >= 0.3 is 43.7 Å². The van der Waals surface area contributed by atoms with Crippen LogP contribution in [0.5, 0.6) is 0 Å². The van der Waals surface area contributed by atoms with Gasteiger partial charge < -0.3 is 5.11 Å². The molecule has 0 saturated heterocycles. The molecule has 0 heterocycles. The summed E-state index contributed by atoms with van der Waals surface area (Å²) in [5, 5.41) is 8.96. The van der Waals surface area contributed by atoms with Crippen LogP contribution in [-0.4, -0.2) is 48.8 Å². The van der Waals surface area contributed by atoms with Crippen LogP contribution in [0.1, 0.15) is 65.2 Å². The topological polar surface area (TPSA) is 37.3 Å². The number of aliphatic carboxylic acids is 1. The summed E-state index contributed by atoms with van der Waals surface area (Å²) in [7, 11) is 0. The van der Waals surface area contributed by atoms with Gasteiger partial charge in [0.05, 0.1) is 0 Å². The van der Waals surface area contributed by atoms with Crippen LogP contribution in [0.2, 0.25) is 0 Å². The van der Waals surface area contributed by atoms with E-state index in [1.54, 1.807) is 0 Å². The van der Waals surface area contributed by atoms with E-state index >= 15 is 0 Å². The number of hydrogen-bond donors (Lipinski definition) is 1. The van der Waals surface area contributed by atoms with E-state index in [0.29, 0.717) is 5.57 Å². The molecule has 0 aliphatic rings. The van der Waals surface area contributed by atoms with E-state index in [9.17, 15) is 4.79 Å². The van der Waals surface area contributed by atoms with E-state index in [0.717, 1.165) is 38.5 Å². The molecule has 3 heteroatoms. The van der Waals surface area contributed by atoms with Crippen LogP contribution >= 0.6 is 0 Å². The molecule has 0 aromatic rings. The van der Waals surface area contributed by atoms with Crippen LogP contribution in [0.3, 0.4) is 0 Å². The second-order valence-electron chi connectivity index (χ2n) is 3.99. The molecule has 0 atom stereocenters. The first-order valence-corrected chi connectivity index (χ1v) is 6.14. The summed E-state index contributed by atoms with van der Waals surface area (Å²) in [6, 6.07) is 0. The first-order valence-electron chi connectivity index (χ1n) is 6.14. The van der Waals surface area contributed by atoms with E-state index in [2.05, 4.69) is 13.8 Å². The summed E-state index contributed by atoms with van der Waals surface area (Å²) in [5.74, 6) is -0.734. The Hall–Kier alpha value is 0.470. The molecule has 0 aromatic carbocycles. The Balaban J connectivity index is 0. The van der Waals surface area contributed by atoms with Crippen molar-refractivity contribution in [2.45, 2.75) is 65.2 Å². The minimum atomic E-state index is -0.734. The number of carboxylic acid groups (broad SMARTS) is 1. The monoisotopic (exact) mass is 254 g/mol. The summed E-state index contributed by atoms with van der Waals surface area (Å²) in [5.41, 5.74) is 0.611. The molecule has 0 rings (SSSR count). The molecule has 0 spiro atoms. The standard InChI is InChI=1S/C13H24O2.Ca.2H/c1-3-5-7-9-11-12(13(14)15)10-8-6-4-2;;;/h11H,3-10H2,1-2H3,(H,14,15);;;. The molecular weight excluding hydrogens is 228 g/mol. The van der Waals surface area contributed by atoms with Gasteiger partial charge in [-0.25, -0.2) is 4.79 Å². The zero-order valence-corrected chi connectivity index (χ0v) is 10.1. The normalized spacial score (nSPS) is 11.0. The molecule has 92 valence electrons. The van der Waals surface area contributed by atoms with Crippen LogP contribution in [0.4, 0.5) is 0 Å². The molecule has 0 unspecified atom stereocenters. The Morgan fingerprint density at radius 2 is 1.62 bits per heavy atom. The van der Waals surface area contributed by atoms with Gasteiger partial charge in [0, 0.05) is 5.57 Å². The third-order valence-electron chi connectivity index (χ3n) is 2.52. The fourth-order valence-electron chi connectivity index (χ4n) is 1.53. The van der Waals surface area contributed by atoms with Gasteiger partial charge in [0.25, 0.3) is 0 Å². The van der Waals surface area contributed by atoms with E-state index in [1.165, 1.54) is 12.8 Å². The molecule has 0 aromatic heterocycles. The molecule has 0 saturated carbocycles. The van der Waals surface area contributed by atoms with Gasteiger partial charge in [-0.2, -0.15) is 0 Å². The SMILES string of the molecule is CCCCCC=C(CCCCC)C(=O)O.[CaH2]. The summed E-state index contributed by atoms with van der Waals surface area (Å²) >= 11 is 0. The molecule has 0 radical (unpaired) electrons. The van der Waals surface area contributed by atoms with Gasteiger partial charge in [-0.1, -0.05) is 45.6 Å². The number of unbranched alkanes of at least 4 members (excludes halogenated alkanes) is 5. The Kier molecular flexibility index (Phi) is 15.9. The average Bonchev–Trinajstić information content (AvgIpc) is 2.21. The van der Waals surface area contributed by atoms with E-state index in [4.69, 9.17) is 5.11 Å². The first-order chi connectivity index (χ1) is 7.22. The van der Waals surface area contributed by atoms with Gasteiger partial charge in [-0.15, -0.1) is 0 Å². The number of rotatable bonds is 9. The van der Waals surface area contributed by atoms with Crippen molar-refractivity contribution in [1.29, 1.82) is 0 Å². The van der Waals surface area contributed by atoms with Crippen molar-refractivity contribution in [3.63, 3.8) is 0 Å². The molecule has 16 heavy (non-hydrogen) atoms. The van der Waals surface area contributed by atoms with Crippen molar-refractivity contribution in [3.8, 4) is 0 Å². The van der Waals surface area contributed by atoms with Crippen molar-refractivity contribution in [1.82, 2.24) is 0 Å². The second kappa shape index (κ2) is 13.5. The predicted molar refractivity (Wildman–Crippen MR) is 72.5 cm³/mol. The Bertz CT molecular complexity index is 200. The maximum atomic E-state index is 10.9. The van der Waals surface area contributed by atoms with Gasteiger partial charge in [-0.3, -0.25) is 0 Å². The quantitative estimate of drug-likeness (QED) is 0.389. The Morgan fingerprint density at radius 1 is 1.06 bits per heavy atom. The molecule has 0 bridgehead atoms. The average molecular weight is 254 g/mol. The third-order valence-corrected chi connectivity index (χ3v) is 2.52. The van der Waals surface area contributed by atoms with Crippen molar-refractivity contribution in [3.05, 3.63) is 11.6 Å². The summed E-state index contributed by atoms with van der Waals surface area (Å²) < 4.78 is 0. The number of hydrogen-bond acceptors (Lipinski definition) is 1. The van der Waals surface area contributed by atoms with Crippen LogP contribution in [0.25, 0.3) is 0 Å². The number of carboxylic acids is 1. The van der Waals surface area contributed by atoms with E-state index < -0.39 is 5.97 Å². The molecular formula is C13H26CaO2. The van der Waals surface area contributed by atoms with Crippen LogP contribution in [0, 0.1) is 0 Å². The fraction of sp³-hybridized carbons (Fsp3) is 0.769. The van der Waals surface area contributed by atoms with Crippen LogP contribution in [-0.2, 0) is 4.79 Å². The van der Waals surface area contributed by atoms with Gasteiger partial charge in [-0.05, 0) is 25.7 Å². The zero-order valence-electron chi connectivity index (χ0n) is 10.1.